The zero-order valence-corrected chi connectivity index (χ0v) is 13.0. The van der Waals surface area contributed by atoms with Crippen LogP contribution in [0.3, 0.4) is 0 Å². The lowest BCUT2D eigenvalue weighted by Gasteiger charge is -2.10. The van der Waals surface area contributed by atoms with Crippen molar-refractivity contribution in [2.75, 3.05) is 26.4 Å². The van der Waals surface area contributed by atoms with E-state index >= 15 is 0 Å². The zero-order valence-electron chi connectivity index (χ0n) is 13.0. The van der Waals surface area contributed by atoms with Crippen LogP contribution in [0.2, 0.25) is 0 Å². The second-order valence-electron chi connectivity index (χ2n) is 5.48. The molecule has 1 amide bonds. The van der Waals surface area contributed by atoms with Gasteiger partial charge in [-0.2, -0.15) is 0 Å². The van der Waals surface area contributed by atoms with Crippen LogP contribution in [0, 0.1) is 10.1 Å². The number of nitrogens with one attached hydrogen (secondary N) is 1. The highest BCUT2D eigenvalue weighted by Crippen LogP contribution is 2.17. The second kappa shape index (κ2) is 9.22. The molecule has 0 aromatic heterocycles. The summed E-state index contributed by atoms with van der Waals surface area (Å²) in [5.74, 6) is -0.224. The van der Waals surface area contributed by atoms with E-state index in [9.17, 15) is 14.9 Å². The largest absolute Gasteiger partial charge is 0.379 e. The van der Waals surface area contributed by atoms with Gasteiger partial charge >= 0.3 is 0 Å². The lowest BCUT2D eigenvalue weighted by atomic mass is 10.1. The number of carbonyl (C=O) groups excluding carboxylic acids is 1. The summed E-state index contributed by atoms with van der Waals surface area (Å²) in [7, 11) is 0. The Morgan fingerprint density at radius 3 is 3.00 bits per heavy atom. The molecule has 1 N–H and O–H groups in total. The molecule has 0 spiro atoms. The fraction of sp³-hybridized carbons (Fsp3) is 0.562. The van der Waals surface area contributed by atoms with E-state index < -0.39 is 4.92 Å². The first-order chi connectivity index (χ1) is 11.2. The zero-order chi connectivity index (χ0) is 16.5. The molecule has 2 rings (SSSR count). The minimum atomic E-state index is -0.471. The molecule has 1 aromatic carbocycles. The Labute approximate surface area is 135 Å². The highest BCUT2D eigenvalue weighted by atomic mass is 16.6. The monoisotopic (exact) mass is 322 g/mol. The minimum Gasteiger partial charge on any atom is -0.379 e. The number of amides is 1. The molecule has 0 radical (unpaired) electrons. The summed E-state index contributed by atoms with van der Waals surface area (Å²) in [4.78, 5) is 22.3. The van der Waals surface area contributed by atoms with Crippen LogP contribution < -0.4 is 5.32 Å². The third-order valence-electron chi connectivity index (χ3n) is 3.65. The van der Waals surface area contributed by atoms with Gasteiger partial charge in [0.1, 0.15) is 0 Å². The van der Waals surface area contributed by atoms with Crippen LogP contribution in [0.4, 0.5) is 5.69 Å². The fourth-order valence-electron chi connectivity index (χ4n) is 2.47. The van der Waals surface area contributed by atoms with E-state index in [0.717, 1.165) is 19.4 Å². The molecule has 1 atom stereocenters. The summed E-state index contributed by atoms with van der Waals surface area (Å²) < 4.78 is 10.9. The fourth-order valence-corrected chi connectivity index (χ4v) is 2.47. The van der Waals surface area contributed by atoms with Gasteiger partial charge < -0.3 is 14.8 Å². The summed E-state index contributed by atoms with van der Waals surface area (Å²) in [6.07, 6.45) is 3.06. The molecule has 23 heavy (non-hydrogen) atoms. The van der Waals surface area contributed by atoms with Crippen LogP contribution in [-0.4, -0.2) is 43.3 Å². The number of nitro benzene ring substituents is 1. The van der Waals surface area contributed by atoms with Crippen LogP contribution in [0.25, 0.3) is 0 Å². The molecule has 7 heteroatoms. The van der Waals surface area contributed by atoms with E-state index in [1.165, 1.54) is 6.07 Å². The van der Waals surface area contributed by atoms with E-state index in [0.29, 0.717) is 31.7 Å². The Bertz CT molecular complexity index is 529. The molecule has 1 fully saturated rings. The number of para-hydroxylation sites is 1. The molecule has 0 aliphatic carbocycles. The van der Waals surface area contributed by atoms with Crippen molar-refractivity contribution in [3.05, 3.63) is 39.9 Å². The number of rotatable bonds is 9. The number of hydrogen-bond acceptors (Lipinski definition) is 5. The average Bonchev–Trinajstić information content (AvgIpc) is 3.04. The summed E-state index contributed by atoms with van der Waals surface area (Å²) in [5.41, 5.74) is 0.396. The van der Waals surface area contributed by atoms with Crippen molar-refractivity contribution in [2.45, 2.75) is 31.8 Å². The number of nitro groups is 1. The molecule has 1 aromatic rings. The van der Waals surface area contributed by atoms with Gasteiger partial charge in [-0.3, -0.25) is 14.9 Å². The Morgan fingerprint density at radius 1 is 1.43 bits per heavy atom. The second-order valence-corrected chi connectivity index (χ2v) is 5.48. The smallest absolute Gasteiger partial charge is 0.273 e. The standard InChI is InChI=1S/C16H22N2O5/c19-16(11-13-5-1-2-7-15(13)18(20)21)17-8-4-9-22-12-14-6-3-10-23-14/h1-2,5,7,14H,3-4,6,8-12H2,(H,17,19). The van der Waals surface area contributed by atoms with Crippen LogP contribution in [-0.2, 0) is 20.7 Å². The number of ether oxygens (including phenoxy) is 2. The average molecular weight is 322 g/mol. The number of benzene rings is 1. The topological polar surface area (TPSA) is 90.7 Å². The van der Waals surface area contributed by atoms with Gasteiger partial charge in [0.15, 0.2) is 0 Å². The first-order valence-corrected chi connectivity index (χ1v) is 7.85. The molecule has 1 unspecified atom stereocenters. The van der Waals surface area contributed by atoms with Gasteiger partial charge in [-0.25, -0.2) is 0 Å². The predicted octanol–water partition coefficient (Wildman–Crippen LogP) is 1.84. The van der Waals surface area contributed by atoms with E-state index in [4.69, 9.17) is 9.47 Å². The first-order valence-electron chi connectivity index (χ1n) is 7.85. The van der Waals surface area contributed by atoms with Gasteiger partial charge in [0.2, 0.25) is 5.91 Å². The predicted molar refractivity (Wildman–Crippen MR) is 84.2 cm³/mol. The lowest BCUT2D eigenvalue weighted by Crippen LogP contribution is -2.27. The molecule has 0 saturated carbocycles. The molecule has 1 aliphatic rings. The summed E-state index contributed by atoms with van der Waals surface area (Å²) in [5, 5.41) is 13.6. The Morgan fingerprint density at radius 2 is 2.26 bits per heavy atom. The Hall–Kier alpha value is -1.99. The van der Waals surface area contributed by atoms with Gasteiger partial charge in [-0.1, -0.05) is 18.2 Å². The molecular formula is C16H22N2O5. The first kappa shape index (κ1) is 17.4. The highest BCUT2D eigenvalue weighted by molar-refractivity contribution is 5.79. The van der Waals surface area contributed by atoms with Gasteiger partial charge in [-0.05, 0) is 19.3 Å². The quantitative estimate of drug-likeness (QED) is 0.425. The third-order valence-corrected chi connectivity index (χ3v) is 3.65. The molecular weight excluding hydrogens is 300 g/mol. The van der Waals surface area contributed by atoms with E-state index in [1.807, 2.05) is 0 Å². The number of carbonyl (C=O) groups is 1. The maximum Gasteiger partial charge on any atom is 0.273 e. The molecule has 0 bridgehead atoms. The van der Waals surface area contributed by atoms with Gasteiger partial charge in [0, 0.05) is 31.4 Å². The third kappa shape index (κ3) is 5.96. The maximum atomic E-state index is 11.8. The van der Waals surface area contributed by atoms with Crippen LogP contribution >= 0.6 is 0 Å². The normalized spacial score (nSPS) is 17.1. The van der Waals surface area contributed by atoms with E-state index in [2.05, 4.69) is 5.32 Å². The lowest BCUT2D eigenvalue weighted by molar-refractivity contribution is -0.385. The summed E-state index contributed by atoms with van der Waals surface area (Å²) in [6, 6.07) is 6.28. The molecule has 7 nitrogen and oxygen atoms in total. The van der Waals surface area contributed by atoms with Crippen molar-refractivity contribution < 1.29 is 19.2 Å². The van der Waals surface area contributed by atoms with Crippen LogP contribution in [0.1, 0.15) is 24.8 Å². The van der Waals surface area contributed by atoms with E-state index in [-0.39, 0.29) is 24.1 Å². The van der Waals surface area contributed by atoms with Crippen molar-refractivity contribution in [1.29, 1.82) is 0 Å². The molecule has 1 aliphatic heterocycles. The molecule has 126 valence electrons. The van der Waals surface area contributed by atoms with Crippen LogP contribution in [0.15, 0.2) is 24.3 Å². The van der Waals surface area contributed by atoms with Gasteiger partial charge in [0.25, 0.3) is 5.69 Å². The van der Waals surface area contributed by atoms with Crippen molar-refractivity contribution in [2.24, 2.45) is 0 Å². The Balaban J connectivity index is 1.61. The van der Waals surface area contributed by atoms with Crippen molar-refractivity contribution >= 4 is 11.6 Å². The molecule has 1 heterocycles. The number of hydrogen-bond donors (Lipinski definition) is 1. The summed E-state index contributed by atoms with van der Waals surface area (Å²) >= 11 is 0. The van der Waals surface area contributed by atoms with Crippen molar-refractivity contribution in [1.82, 2.24) is 5.32 Å². The van der Waals surface area contributed by atoms with Gasteiger partial charge in [0.05, 0.1) is 24.1 Å². The summed E-state index contributed by atoms with van der Waals surface area (Å²) in [6.45, 7) is 2.47. The minimum absolute atomic E-state index is 0.00786. The number of nitrogens with zero attached hydrogens (tertiary/aromatic N) is 1. The SMILES string of the molecule is O=C(Cc1ccccc1[N+](=O)[O-])NCCCOCC1CCCO1. The van der Waals surface area contributed by atoms with Gasteiger partial charge in [-0.15, -0.1) is 0 Å². The van der Waals surface area contributed by atoms with E-state index in [1.54, 1.807) is 18.2 Å². The maximum absolute atomic E-state index is 11.8. The highest BCUT2D eigenvalue weighted by Gasteiger charge is 2.16. The van der Waals surface area contributed by atoms with Crippen molar-refractivity contribution in [3.63, 3.8) is 0 Å². The van der Waals surface area contributed by atoms with Crippen molar-refractivity contribution in [3.8, 4) is 0 Å². The molecule has 1 saturated heterocycles. The Kier molecular flexibility index (Phi) is 6.96. The van der Waals surface area contributed by atoms with Crippen LogP contribution in [0.5, 0.6) is 0 Å².